The first kappa shape index (κ1) is 11.9. The normalized spacial score (nSPS) is 15.7. The molecule has 0 saturated carbocycles. The molecule has 17 heavy (non-hydrogen) atoms. The molecule has 2 heteroatoms. The van der Waals surface area contributed by atoms with Crippen LogP contribution in [0.15, 0.2) is 24.8 Å². The molecule has 0 bridgehead atoms. The van der Waals surface area contributed by atoms with Gasteiger partial charge in [-0.05, 0) is 49.4 Å². The van der Waals surface area contributed by atoms with Crippen LogP contribution in [-0.2, 0) is 0 Å². The largest absolute Gasteiger partial charge is 0.339 e. The number of benzene rings is 1. The summed E-state index contributed by atoms with van der Waals surface area (Å²) in [7, 11) is 0. The molecule has 0 aromatic heterocycles. The summed E-state index contributed by atoms with van der Waals surface area (Å²) in [6.07, 6.45) is 5.32. The van der Waals surface area contributed by atoms with Crippen LogP contribution in [-0.4, -0.2) is 23.9 Å². The fourth-order valence-corrected chi connectivity index (χ4v) is 2.27. The zero-order valence-corrected chi connectivity index (χ0v) is 10.4. The van der Waals surface area contributed by atoms with Gasteiger partial charge in [0, 0.05) is 18.7 Å². The molecule has 0 radical (unpaired) electrons. The predicted octanol–water partition coefficient (Wildman–Crippen LogP) is 3.26. The lowest BCUT2D eigenvalue weighted by molar-refractivity contribution is 0.0724. The van der Waals surface area contributed by atoms with Crippen LogP contribution in [0.1, 0.15) is 40.7 Å². The lowest BCUT2D eigenvalue weighted by Crippen LogP contribution is -2.35. The number of carbonyl (C=O) groups excluding carboxylic acids is 1. The average Bonchev–Trinajstić information content (AvgIpc) is 2.39. The highest BCUT2D eigenvalue weighted by Gasteiger charge is 2.18. The van der Waals surface area contributed by atoms with E-state index in [2.05, 4.69) is 6.58 Å². The van der Waals surface area contributed by atoms with Gasteiger partial charge in [0.25, 0.3) is 5.91 Å². The van der Waals surface area contributed by atoms with Crippen LogP contribution >= 0.6 is 0 Å². The van der Waals surface area contributed by atoms with E-state index in [1.165, 1.54) is 6.42 Å². The Hall–Kier alpha value is -1.57. The van der Waals surface area contributed by atoms with Gasteiger partial charge in [-0.1, -0.05) is 18.7 Å². The third-order valence-corrected chi connectivity index (χ3v) is 3.39. The van der Waals surface area contributed by atoms with Gasteiger partial charge < -0.3 is 4.90 Å². The number of amides is 1. The van der Waals surface area contributed by atoms with Crippen LogP contribution < -0.4 is 0 Å². The van der Waals surface area contributed by atoms with E-state index in [9.17, 15) is 4.79 Å². The van der Waals surface area contributed by atoms with E-state index < -0.39 is 0 Å². The molecule has 0 spiro atoms. The number of hydrogen-bond acceptors (Lipinski definition) is 1. The van der Waals surface area contributed by atoms with Gasteiger partial charge in [-0.25, -0.2) is 0 Å². The Morgan fingerprint density at radius 3 is 2.65 bits per heavy atom. The molecule has 0 aliphatic carbocycles. The molecular weight excluding hydrogens is 210 g/mol. The Bertz CT molecular complexity index is 431. The first-order chi connectivity index (χ1) is 8.22. The third kappa shape index (κ3) is 2.57. The predicted molar refractivity (Wildman–Crippen MR) is 71.0 cm³/mol. The lowest BCUT2D eigenvalue weighted by atomic mass is 10.0. The quantitative estimate of drug-likeness (QED) is 0.762. The number of piperidine rings is 1. The van der Waals surface area contributed by atoms with Crippen LogP contribution in [0.4, 0.5) is 0 Å². The fourth-order valence-electron chi connectivity index (χ4n) is 2.27. The molecule has 1 aromatic rings. The number of rotatable bonds is 2. The summed E-state index contributed by atoms with van der Waals surface area (Å²) < 4.78 is 0. The molecule has 0 atom stereocenters. The summed E-state index contributed by atoms with van der Waals surface area (Å²) >= 11 is 0. The van der Waals surface area contributed by atoms with Crippen molar-refractivity contribution in [2.45, 2.75) is 26.2 Å². The van der Waals surface area contributed by atoms with Crippen molar-refractivity contribution in [3.63, 3.8) is 0 Å². The molecule has 1 aromatic carbocycles. The minimum Gasteiger partial charge on any atom is -0.339 e. The second-order valence-corrected chi connectivity index (χ2v) is 4.63. The smallest absolute Gasteiger partial charge is 0.253 e. The molecule has 1 aliphatic heterocycles. The molecular formula is C15H19NO. The second kappa shape index (κ2) is 5.17. The number of carbonyl (C=O) groups is 1. The summed E-state index contributed by atoms with van der Waals surface area (Å²) in [6.45, 7) is 7.61. The van der Waals surface area contributed by atoms with Crippen molar-refractivity contribution in [1.29, 1.82) is 0 Å². The minimum absolute atomic E-state index is 0.160. The fraction of sp³-hybridized carbons (Fsp3) is 0.400. The lowest BCUT2D eigenvalue weighted by Gasteiger charge is -2.26. The summed E-state index contributed by atoms with van der Waals surface area (Å²) in [5.74, 6) is 0.160. The standard InChI is InChI=1S/C15H19NO/c1-3-13-11-14(8-7-12(13)2)15(17)16-9-5-4-6-10-16/h3,7-8,11H,1,4-6,9-10H2,2H3. The van der Waals surface area contributed by atoms with Gasteiger partial charge in [0.1, 0.15) is 0 Å². The van der Waals surface area contributed by atoms with Crippen molar-refractivity contribution in [3.05, 3.63) is 41.5 Å². The highest BCUT2D eigenvalue weighted by molar-refractivity contribution is 5.95. The van der Waals surface area contributed by atoms with E-state index >= 15 is 0 Å². The van der Waals surface area contributed by atoms with E-state index in [0.29, 0.717) is 0 Å². The maximum absolute atomic E-state index is 12.3. The van der Waals surface area contributed by atoms with Crippen molar-refractivity contribution in [2.24, 2.45) is 0 Å². The van der Waals surface area contributed by atoms with Crippen molar-refractivity contribution < 1.29 is 4.79 Å². The number of hydrogen-bond donors (Lipinski definition) is 0. The maximum Gasteiger partial charge on any atom is 0.253 e. The molecule has 1 saturated heterocycles. The van der Waals surface area contributed by atoms with E-state index in [1.807, 2.05) is 36.1 Å². The molecule has 1 fully saturated rings. The van der Waals surface area contributed by atoms with E-state index in [4.69, 9.17) is 0 Å². The molecule has 0 unspecified atom stereocenters. The molecule has 1 amide bonds. The topological polar surface area (TPSA) is 20.3 Å². The maximum atomic E-state index is 12.3. The van der Waals surface area contributed by atoms with Crippen LogP contribution in [0.5, 0.6) is 0 Å². The number of likely N-dealkylation sites (tertiary alicyclic amines) is 1. The van der Waals surface area contributed by atoms with Crippen LogP contribution in [0.25, 0.3) is 6.08 Å². The van der Waals surface area contributed by atoms with Gasteiger partial charge in [-0.15, -0.1) is 0 Å². The van der Waals surface area contributed by atoms with Gasteiger partial charge in [-0.2, -0.15) is 0 Å². The number of aryl methyl sites for hydroxylation is 1. The molecule has 1 aliphatic rings. The van der Waals surface area contributed by atoms with Gasteiger partial charge in [0.2, 0.25) is 0 Å². The van der Waals surface area contributed by atoms with Gasteiger partial charge >= 0.3 is 0 Å². The van der Waals surface area contributed by atoms with Crippen molar-refractivity contribution in [3.8, 4) is 0 Å². The second-order valence-electron chi connectivity index (χ2n) is 4.63. The highest BCUT2D eigenvalue weighted by atomic mass is 16.2. The van der Waals surface area contributed by atoms with E-state index in [-0.39, 0.29) is 5.91 Å². The van der Waals surface area contributed by atoms with Crippen LogP contribution in [0, 0.1) is 6.92 Å². The summed E-state index contributed by atoms with van der Waals surface area (Å²) in [4.78, 5) is 14.2. The van der Waals surface area contributed by atoms with Crippen molar-refractivity contribution >= 4 is 12.0 Å². The minimum atomic E-state index is 0.160. The molecule has 2 rings (SSSR count). The molecule has 2 nitrogen and oxygen atoms in total. The number of nitrogens with zero attached hydrogens (tertiary/aromatic N) is 1. The van der Waals surface area contributed by atoms with Crippen LogP contribution in [0.2, 0.25) is 0 Å². The Labute approximate surface area is 103 Å². The van der Waals surface area contributed by atoms with E-state index in [1.54, 1.807) is 0 Å². The molecule has 90 valence electrons. The SMILES string of the molecule is C=Cc1cc(C(=O)N2CCCCC2)ccc1C. The highest BCUT2D eigenvalue weighted by Crippen LogP contribution is 2.17. The summed E-state index contributed by atoms with van der Waals surface area (Å²) in [6, 6.07) is 5.85. The van der Waals surface area contributed by atoms with Crippen molar-refractivity contribution in [2.75, 3.05) is 13.1 Å². The molecule has 0 N–H and O–H groups in total. The zero-order valence-electron chi connectivity index (χ0n) is 10.4. The van der Waals surface area contributed by atoms with Gasteiger partial charge in [0.05, 0.1) is 0 Å². The summed E-state index contributed by atoms with van der Waals surface area (Å²) in [5.41, 5.74) is 3.00. The van der Waals surface area contributed by atoms with E-state index in [0.717, 1.165) is 42.6 Å². The van der Waals surface area contributed by atoms with Crippen molar-refractivity contribution in [1.82, 2.24) is 4.90 Å². The van der Waals surface area contributed by atoms with Gasteiger partial charge in [0.15, 0.2) is 0 Å². The Morgan fingerprint density at radius 1 is 1.29 bits per heavy atom. The monoisotopic (exact) mass is 229 g/mol. The Balaban J connectivity index is 2.21. The average molecular weight is 229 g/mol. The zero-order chi connectivity index (χ0) is 12.3. The Morgan fingerprint density at radius 2 is 2.00 bits per heavy atom. The third-order valence-electron chi connectivity index (χ3n) is 3.39. The first-order valence-electron chi connectivity index (χ1n) is 6.25. The Kier molecular flexibility index (Phi) is 3.62. The summed E-state index contributed by atoms with van der Waals surface area (Å²) in [5, 5.41) is 0. The molecule has 1 heterocycles. The first-order valence-corrected chi connectivity index (χ1v) is 6.25. The van der Waals surface area contributed by atoms with Crippen LogP contribution in [0.3, 0.4) is 0 Å². The van der Waals surface area contributed by atoms with Gasteiger partial charge in [-0.3, -0.25) is 4.79 Å².